The van der Waals surface area contributed by atoms with E-state index in [1.165, 1.54) is 0 Å². The van der Waals surface area contributed by atoms with Crippen LogP contribution in [-0.2, 0) is 11.2 Å². The quantitative estimate of drug-likeness (QED) is 0.869. The van der Waals surface area contributed by atoms with Crippen molar-refractivity contribution in [3.05, 3.63) is 24.2 Å². The molecule has 7 heteroatoms. The fourth-order valence-corrected chi connectivity index (χ4v) is 2.35. The molecule has 0 unspecified atom stereocenters. The minimum atomic E-state index is 0.516. The molecule has 0 amide bonds. The SMILES string of the molecule is COCCc1noc(-c2cccnc2N2CCNCC2)n1. The molecule has 0 aliphatic carbocycles. The molecule has 21 heavy (non-hydrogen) atoms. The number of hydrogen-bond donors (Lipinski definition) is 1. The number of piperazine rings is 1. The summed E-state index contributed by atoms with van der Waals surface area (Å²) in [5, 5.41) is 7.33. The minimum absolute atomic E-state index is 0.516. The van der Waals surface area contributed by atoms with Gasteiger partial charge in [0, 0.05) is 45.9 Å². The molecule has 0 saturated carbocycles. The summed E-state index contributed by atoms with van der Waals surface area (Å²) in [6.07, 6.45) is 2.44. The average molecular weight is 289 g/mol. The number of aromatic nitrogens is 3. The van der Waals surface area contributed by atoms with Crippen LogP contribution in [0.2, 0.25) is 0 Å². The standard InChI is InChI=1S/C14H19N5O2/c1-20-10-4-12-17-14(21-18-12)11-3-2-5-16-13(11)19-8-6-15-7-9-19/h2-3,5,15H,4,6-10H2,1H3. The Kier molecular flexibility index (Phi) is 4.42. The van der Waals surface area contributed by atoms with Crippen LogP contribution in [-0.4, -0.2) is 55.0 Å². The number of nitrogens with one attached hydrogen (secondary N) is 1. The Morgan fingerprint density at radius 3 is 3.05 bits per heavy atom. The van der Waals surface area contributed by atoms with Crippen LogP contribution in [0, 0.1) is 0 Å². The molecule has 0 aromatic carbocycles. The van der Waals surface area contributed by atoms with Gasteiger partial charge in [0.05, 0.1) is 12.2 Å². The zero-order chi connectivity index (χ0) is 14.5. The van der Waals surface area contributed by atoms with E-state index in [-0.39, 0.29) is 0 Å². The lowest BCUT2D eigenvalue weighted by Gasteiger charge is -2.29. The highest BCUT2D eigenvalue weighted by Gasteiger charge is 2.19. The smallest absolute Gasteiger partial charge is 0.261 e. The van der Waals surface area contributed by atoms with Crippen molar-refractivity contribution in [2.45, 2.75) is 6.42 Å². The van der Waals surface area contributed by atoms with Crippen LogP contribution in [0.3, 0.4) is 0 Å². The minimum Gasteiger partial charge on any atom is -0.384 e. The third-order valence-electron chi connectivity index (χ3n) is 3.43. The molecule has 2 aromatic heterocycles. The van der Waals surface area contributed by atoms with E-state index in [0.717, 1.165) is 37.6 Å². The molecule has 0 spiro atoms. The van der Waals surface area contributed by atoms with E-state index in [9.17, 15) is 0 Å². The Morgan fingerprint density at radius 1 is 1.38 bits per heavy atom. The highest BCUT2D eigenvalue weighted by molar-refractivity contribution is 5.69. The van der Waals surface area contributed by atoms with Gasteiger partial charge in [0.25, 0.3) is 5.89 Å². The lowest BCUT2D eigenvalue weighted by atomic mass is 10.2. The summed E-state index contributed by atoms with van der Waals surface area (Å²) in [5.74, 6) is 2.07. The van der Waals surface area contributed by atoms with Gasteiger partial charge in [-0.15, -0.1) is 0 Å². The fraction of sp³-hybridized carbons (Fsp3) is 0.500. The second-order valence-electron chi connectivity index (χ2n) is 4.87. The Hall–Kier alpha value is -1.99. The van der Waals surface area contributed by atoms with E-state index in [4.69, 9.17) is 9.26 Å². The molecule has 0 bridgehead atoms. The molecule has 112 valence electrons. The van der Waals surface area contributed by atoms with Gasteiger partial charge in [-0.3, -0.25) is 0 Å². The van der Waals surface area contributed by atoms with Crippen molar-refractivity contribution in [3.8, 4) is 11.5 Å². The molecule has 1 saturated heterocycles. The number of nitrogens with zero attached hydrogens (tertiary/aromatic N) is 4. The number of rotatable bonds is 5. The molecule has 7 nitrogen and oxygen atoms in total. The summed E-state index contributed by atoms with van der Waals surface area (Å²) in [4.78, 5) is 11.2. The number of ether oxygens (including phenoxy) is 1. The maximum atomic E-state index is 5.38. The summed E-state index contributed by atoms with van der Waals surface area (Å²) < 4.78 is 10.4. The van der Waals surface area contributed by atoms with Crippen molar-refractivity contribution in [1.82, 2.24) is 20.4 Å². The largest absolute Gasteiger partial charge is 0.384 e. The monoisotopic (exact) mass is 289 g/mol. The summed E-state index contributed by atoms with van der Waals surface area (Å²) in [6.45, 7) is 4.35. The lowest BCUT2D eigenvalue weighted by Crippen LogP contribution is -2.44. The maximum Gasteiger partial charge on any atom is 0.261 e. The van der Waals surface area contributed by atoms with Crippen LogP contribution in [0.5, 0.6) is 0 Å². The Bertz CT molecular complexity index is 580. The predicted octanol–water partition coefficient (Wildman–Crippen LogP) is 0.730. The molecule has 1 aliphatic rings. The fourth-order valence-electron chi connectivity index (χ4n) is 2.35. The summed E-state index contributed by atoms with van der Waals surface area (Å²) in [6, 6.07) is 3.86. The zero-order valence-corrected chi connectivity index (χ0v) is 12.1. The van der Waals surface area contributed by atoms with E-state index in [2.05, 4.69) is 25.3 Å². The first-order chi connectivity index (χ1) is 10.4. The van der Waals surface area contributed by atoms with Gasteiger partial charge in [0.2, 0.25) is 0 Å². The van der Waals surface area contributed by atoms with Crippen LogP contribution in [0.15, 0.2) is 22.9 Å². The second kappa shape index (κ2) is 6.64. The maximum absolute atomic E-state index is 5.38. The summed E-state index contributed by atoms with van der Waals surface area (Å²) >= 11 is 0. The molecule has 1 fully saturated rings. The predicted molar refractivity (Wildman–Crippen MR) is 78.2 cm³/mol. The molecule has 2 aromatic rings. The Balaban J connectivity index is 1.85. The first-order valence-electron chi connectivity index (χ1n) is 7.11. The summed E-state index contributed by atoms with van der Waals surface area (Å²) in [7, 11) is 1.66. The van der Waals surface area contributed by atoms with Crippen LogP contribution in [0.25, 0.3) is 11.5 Å². The van der Waals surface area contributed by atoms with E-state index in [0.29, 0.717) is 24.7 Å². The zero-order valence-electron chi connectivity index (χ0n) is 12.1. The average Bonchev–Trinajstić information content (AvgIpc) is 3.02. The highest BCUT2D eigenvalue weighted by Crippen LogP contribution is 2.27. The molecule has 1 aliphatic heterocycles. The van der Waals surface area contributed by atoms with Gasteiger partial charge in [-0.25, -0.2) is 4.98 Å². The van der Waals surface area contributed by atoms with E-state index in [1.54, 1.807) is 13.3 Å². The first-order valence-corrected chi connectivity index (χ1v) is 7.11. The van der Waals surface area contributed by atoms with Crippen LogP contribution in [0.4, 0.5) is 5.82 Å². The third kappa shape index (κ3) is 3.20. The van der Waals surface area contributed by atoms with Gasteiger partial charge in [-0.05, 0) is 12.1 Å². The van der Waals surface area contributed by atoms with Crippen LogP contribution >= 0.6 is 0 Å². The van der Waals surface area contributed by atoms with E-state index < -0.39 is 0 Å². The molecule has 1 N–H and O–H groups in total. The molecular formula is C14H19N5O2. The lowest BCUT2D eigenvalue weighted by molar-refractivity contribution is 0.199. The Labute approximate surface area is 123 Å². The van der Waals surface area contributed by atoms with Gasteiger partial charge in [0.15, 0.2) is 5.82 Å². The number of pyridine rings is 1. The van der Waals surface area contributed by atoms with Crippen molar-refractivity contribution < 1.29 is 9.26 Å². The normalized spacial score (nSPS) is 15.4. The van der Waals surface area contributed by atoms with E-state index in [1.807, 2.05) is 12.1 Å². The molecule has 3 heterocycles. The molecule has 3 rings (SSSR count). The van der Waals surface area contributed by atoms with Crippen molar-refractivity contribution in [3.63, 3.8) is 0 Å². The second-order valence-corrected chi connectivity index (χ2v) is 4.87. The van der Waals surface area contributed by atoms with Crippen molar-refractivity contribution in [2.75, 3.05) is 44.8 Å². The van der Waals surface area contributed by atoms with Crippen LogP contribution < -0.4 is 10.2 Å². The van der Waals surface area contributed by atoms with Gasteiger partial charge < -0.3 is 19.5 Å². The van der Waals surface area contributed by atoms with E-state index >= 15 is 0 Å². The highest BCUT2D eigenvalue weighted by atomic mass is 16.5. The Morgan fingerprint density at radius 2 is 2.24 bits per heavy atom. The van der Waals surface area contributed by atoms with Crippen molar-refractivity contribution >= 4 is 5.82 Å². The van der Waals surface area contributed by atoms with Gasteiger partial charge in [-0.2, -0.15) is 4.98 Å². The number of hydrogen-bond acceptors (Lipinski definition) is 7. The topological polar surface area (TPSA) is 76.3 Å². The van der Waals surface area contributed by atoms with Gasteiger partial charge in [0.1, 0.15) is 5.82 Å². The van der Waals surface area contributed by atoms with Gasteiger partial charge >= 0.3 is 0 Å². The summed E-state index contributed by atoms with van der Waals surface area (Å²) in [5.41, 5.74) is 0.885. The molecule has 0 atom stereocenters. The molecule has 0 radical (unpaired) electrons. The number of anilines is 1. The van der Waals surface area contributed by atoms with Crippen molar-refractivity contribution in [2.24, 2.45) is 0 Å². The number of methoxy groups -OCH3 is 1. The van der Waals surface area contributed by atoms with Crippen LogP contribution in [0.1, 0.15) is 5.82 Å². The molecular weight excluding hydrogens is 270 g/mol. The third-order valence-corrected chi connectivity index (χ3v) is 3.43. The van der Waals surface area contributed by atoms with Gasteiger partial charge in [-0.1, -0.05) is 5.16 Å². The first kappa shape index (κ1) is 14.0. The van der Waals surface area contributed by atoms with Crippen molar-refractivity contribution in [1.29, 1.82) is 0 Å².